The van der Waals surface area contributed by atoms with Crippen LogP contribution in [0.2, 0.25) is 0 Å². The highest BCUT2D eigenvalue weighted by atomic mass is 16.5. The Morgan fingerprint density at radius 3 is 2.09 bits per heavy atom. The molecule has 5 rings (SSSR count). The van der Waals surface area contributed by atoms with Crippen molar-refractivity contribution in [1.29, 1.82) is 0 Å². The van der Waals surface area contributed by atoms with Crippen LogP contribution < -0.4 is 5.73 Å². The van der Waals surface area contributed by atoms with Gasteiger partial charge >= 0.3 is 11.9 Å². The van der Waals surface area contributed by atoms with Crippen molar-refractivity contribution in [3.8, 4) is 22.3 Å². The molecule has 5 heteroatoms. The van der Waals surface area contributed by atoms with Crippen molar-refractivity contribution in [2.45, 2.75) is 12.8 Å². The van der Waals surface area contributed by atoms with Crippen molar-refractivity contribution in [3.63, 3.8) is 0 Å². The van der Waals surface area contributed by atoms with Crippen LogP contribution in [-0.4, -0.2) is 23.7 Å². The third kappa shape index (κ3) is 3.71. The summed E-state index contributed by atoms with van der Waals surface area (Å²) in [5, 5.41) is 9.14. The van der Waals surface area contributed by atoms with Gasteiger partial charge in [-0.3, -0.25) is 0 Å². The lowest BCUT2D eigenvalue weighted by molar-refractivity contribution is 0.0492. The first-order valence-electron chi connectivity index (χ1n) is 11.0. The Hall–Kier alpha value is -4.38. The van der Waals surface area contributed by atoms with E-state index in [0.29, 0.717) is 16.8 Å². The molecule has 1 aliphatic rings. The Labute approximate surface area is 197 Å². The van der Waals surface area contributed by atoms with E-state index in [-0.39, 0.29) is 24.1 Å². The molecule has 0 saturated heterocycles. The molecule has 4 aromatic rings. The predicted octanol–water partition coefficient (Wildman–Crippen LogP) is 5.91. The van der Waals surface area contributed by atoms with Crippen LogP contribution in [0, 0.1) is 6.92 Å². The summed E-state index contributed by atoms with van der Waals surface area (Å²) in [5.74, 6) is -1.40. The Bertz CT molecular complexity index is 1390. The topological polar surface area (TPSA) is 89.6 Å². The molecular weight excluding hydrogens is 426 g/mol. The summed E-state index contributed by atoms with van der Waals surface area (Å²) in [7, 11) is 0. The second-order valence-corrected chi connectivity index (χ2v) is 8.46. The molecule has 0 bridgehead atoms. The van der Waals surface area contributed by atoms with E-state index in [1.54, 1.807) is 18.2 Å². The van der Waals surface area contributed by atoms with Crippen LogP contribution >= 0.6 is 0 Å². The summed E-state index contributed by atoms with van der Waals surface area (Å²) < 4.78 is 5.79. The highest BCUT2D eigenvalue weighted by molar-refractivity contribution is 5.94. The zero-order chi connectivity index (χ0) is 23.8. The van der Waals surface area contributed by atoms with Gasteiger partial charge in [-0.1, -0.05) is 66.7 Å². The van der Waals surface area contributed by atoms with Crippen LogP contribution in [0.5, 0.6) is 0 Å². The monoisotopic (exact) mass is 449 g/mol. The summed E-state index contributed by atoms with van der Waals surface area (Å²) >= 11 is 0. The maximum Gasteiger partial charge on any atom is 0.338 e. The van der Waals surface area contributed by atoms with Gasteiger partial charge < -0.3 is 15.6 Å². The van der Waals surface area contributed by atoms with E-state index in [1.165, 1.54) is 34.4 Å². The first kappa shape index (κ1) is 21.5. The van der Waals surface area contributed by atoms with Crippen LogP contribution in [0.4, 0.5) is 5.69 Å². The van der Waals surface area contributed by atoms with Crippen molar-refractivity contribution in [2.24, 2.45) is 0 Å². The van der Waals surface area contributed by atoms with E-state index in [1.807, 2.05) is 37.3 Å². The van der Waals surface area contributed by atoms with Gasteiger partial charge in [0, 0.05) is 17.2 Å². The smallest absolute Gasteiger partial charge is 0.338 e. The van der Waals surface area contributed by atoms with Crippen molar-refractivity contribution < 1.29 is 19.4 Å². The van der Waals surface area contributed by atoms with Gasteiger partial charge in [0.1, 0.15) is 6.61 Å². The van der Waals surface area contributed by atoms with Crippen molar-refractivity contribution in [1.82, 2.24) is 0 Å². The van der Waals surface area contributed by atoms with Crippen molar-refractivity contribution >= 4 is 17.6 Å². The number of carbonyl (C=O) groups is 2. The molecule has 0 aliphatic heterocycles. The van der Waals surface area contributed by atoms with E-state index in [9.17, 15) is 9.59 Å². The highest BCUT2D eigenvalue weighted by Gasteiger charge is 2.29. The third-order valence-electron chi connectivity index (χ3n) is 6.40. The zero-order valence-electron chi connectivity index (χ0n) is 18.6. The summed E-state index contributed by atoms with van der Waals surface area (Å²) in [6.45, 7) is 2.11. The molecule has 0 heterocycles. The molecule has 4 aromatic carbocycles. The SMILES string of the molecule is Cc1cc(-c2ccc(C(=O)O)cc2N)ccc1C(=O)OCC1c2ccccc2-c2ccccc21. The minimum atomic E-state index is -1.03. The minimum Gasteiger partial charge on any atom is -0.478 e. The van der Waals surface area contributed by atoms with Gasteiger partial charge in [0.15, 0.2) is 0 Å². The number of benzene rings is 4. The molecule has 3 N–H and O–H groups in total. The number of nitrogen functional groups attached to an aromatic ring is 1. The Morgan fingerprint density at radius 2 is 1.50 bits per heavy atom. The Kier molecular flexibility index (Phi) is 5.38. The first-order chi connectivity index (χ1) is 16.4. The number of hydrogen-bond acceptors (Lipinski definition) is 4. The molecule has 0 fully saturated rings. The molecule has 0 unspecified atom stereocenters. The number of rotatable bonds is 5. The minimum absolute atomic E-state index is 0.00322. The molecular formula is C29H23NO4. The molecule has 0 aromatic heterocycles. The van der Waals surface area contributed by atoms with Crippen LogP contribution in [0.15, 0.2) is 84.9 Å². The number of ether oxygens (including phenoxy) is 1. The van der Waals surface area contributed by atoms with Gasteiger partial charge in [-0.15, -0.1) is 0 Å². The second-order valence-electron chi connectivity index (χ2n) is 8.46. The largest absolute Gasteiger partial charge is 0.478 e. The van der Waals surface area contributed by atoms with E-state index in [2.05, 4.69) is 24.3 Å². The molecule has 0 atom stereocenters. The summed E-state index contributed by atoms with van der Waals surface area (Å²) in [6, 6.07) is 26.5. The van der Waals surface area contributed by atoms with E-state index in [0.717, 1.165) is 11.1 Å². The Balaban J connectivity index is 1.36. The van der Waals surface area contributed by atoms with Gasteiger partial charge in [-0.05, 0) is 58.5 Å². The number of nitrogens with two attached hydrogens (primary N) is 1. The molecule has 34 heavy (non-hydrogen) atoms. The molecule has 168 valence electrons. The lowest BCUT2D eigenvalue weighted by Crippen LogP contribution is -2.13. The molecule has 0 amide bonds. The molecule has 1 aliphatic carbocycles. The molecule has 0 radical (unpaired) electrons. The van der Waals surface area contributed by atoms with Gasteiger partial charge in [0.2, 0.25) is 0 Å². The number of hydrogen-bond donors (Lipinski definition) is 2. The lowest BCUT2D eigenvalue weighted by atomic mass is 9.97. The molecule has 0 spiro atoms. The number of fused-ring (bicyclic) bond motifs is 3. The average Bonchev–Trinajstić information content (AvgIpc) is 3.16. The van der Waals surface area contributed by atoms with Crippen molar-refractivity contribution in [3.05, 3.63) is 113 Å². The van der Waals surface area contributed by atoms with E-state index >= 15 is 0 Å². The fourth-order valence-electron chi connectivity index (χ4n) is 4.70. The average molecular weight is 450 g/mol. The van der Waals surface area contributed by atoms with Crippen LogP contribution in [0.1, 0.15) is 43.3 Å². The first-order valence-corrected chi connectivity index (χ1v) is 11.0. The number of carboxylic acid groups (broad SMARTS) is 1. The fourth-order valence-corrected chi connectivity index (χ4v) is 4.70. The summed E-state index contributed by atoms with van der Waals surface area (Å²) in [5.41, 5.74) is 14.1. The van der Waals surface area contributed by atoms with Gasteiger partial charge in [-0.2, -0.15) is 0 Å². The maximum atomic E-state index is 13.0. The predicted molar refractivity (Wildman–Crippen MR) is 132 cm³/mol. The number of carboxylic acids is 1. The summed E-state index contributed by atoms with van der Waals surface area (Å²) in [4.78, 5) is 24.1. The van der Waals surface area contributed by atoms with Crippen LogP contribution in [0.3, 0.4) is 0 Å². The van der Waals surface area contributed by atoms with Crippen molar-refractivity contribution in [2.75, 3.05) is 12.3 Å². The lowest BCUT2D eigenvalue weighted by Gasteiger charge is -2.15. The van der Waals surface area contributed by atoms with Gasteiger partial charge in [-0.25, -0.2) is 9.59 Å². The number of aryl methyl sites for hydroxylation is 1. The highest BCUT2D eigenvalue weighted by Crippen LogP contribution is 2.44. The number of anilines is 1. The standard InChI is InChI=1S/C29H23NO4/c1-17-14-18(21-13-11-19(28(31)32)15-27(21)30)10-12-20(17)29(33)34-16-26-24-8-4-2-6-22(24)23-7-3-5-9-25(23)26/h2-15,26H,16,30H2,1H3,(H,31,32). The van der Waals surface area contributed by atoms with E-state index < -0.39 is 5.97 Å². The fraction of sp³-hybridized carbons (Fsp3) is 0.103. The summed E-state index contributed by atoms with van der Waals surface area (Å²) in [6.07, 6.45) is 0. The quantitative estimate of drug-likeness (QED) is 0.292. The Morgan fingerprint density at radius 1 is 0.853 bits per heavy atom. The number of aromatic carboxylic acids is 1. The van der Waals surface area contributed by atoms with E-state index in [4.69, 9.17) is 15.6 Å². The van der Waals surface area contributed by atoms with Crippen LogP contribution in [-0.2, 0) is 4.74 Å². The molecule has 0 saturated carbocycles. The number of esters is 1. The maximum absolute atomic E-state index is 13.0. The zero-order valence-corrected chi connectivity index (χ0v) is 18.6. The van der Waals surface area contributed by atoms with Crippen LogP contribution in [0.25, 0.3) is 22.3 Å². The third-order valence-corrected chi connectivity index (χ3v) is 6.40. The van der Waals surface area contributed by atoms with Gasteiger partial charge in [0.25, 0.3) is 0 Å². The normalized spacial score (nSPS) is 12.1. The molecule has 5 nitrogen and oxygen atoms in total. The second kappa shape index (κ2) is 8.52. The number of carbonyl (C=O) groups excluding carboxylic acids is 1. The van der Waals surface area contributed by atoms with Gasteiger partial charge in [0.05, 0.1) is 11.1 Å².